The molecule has 3 fully saturated rings. The van der Waals surface area contributed by atoms with E-state index in [2.05, 4.69) is 14.3 Å². The Bertz CT molecular complexity index is 775. The molecule has 0 saturated carbocycles. The van der Waals surface area contributed by atoms with Crippen molar-refractivity contribution < 1.29 is 10.6 Å². The molecule has 1 unspecified atom stereocenters. The average Bonchev–Trinajstić information content (AvgIpc) is 3.44. The maximum Gasteiger partial charge on any atom is 0.330 e. The highest BCUT2D eigenvalue weighted by Crippen LogP contribution is 2.52. The zero-order valence-electron chi connectivity index (χ0n) is 16.8. The van der Waals surface area contributed by atoms with Crippen molar-refractivity contribution >= 4 is 8.45 Å². The van der Waals surface area contributed by atoms with Gasteiger partial charge < -0.3 is 9.26 Å². The van der Waals surface area contributed by atoms with E-state index < -0.39 is 20.4 Å². The zero-order valence-corrected chi connectivity index (χ0v) is 16.7. The number of aromatic amines is 1. The van der Waals surface area contributed by atoms with Crippen molar-refractivity contribution in [1.29, 1.82) is 0 Å². The maximum atomic E-state index is 12.2. The fraction of sp³-hybridized carbons (Fsp3) is 0.778. The number of aryl methyl sites for hydroxylation is 1. The monoisotopic (exact) mass is 397 g/mol. The second-order valence-electron chi connectivity index (χ2n) is 7.56. The Kier molecular flexibility index (Phi) is 5.42. The predicted molar refractivity (Wildman–Crippen MR) is 104 cm³/mol. The molecule has 0 bridgehead atoms. The van der Waals surface area contributed by atoms with Crippen LogP contribution in [0, 0.1) is 6.92 Å². The van der Waals surface area contributed by atoms with Gasteiger partial charge in [-0.2, -0.15) is 0 Å². The quantitative estimate of drug-likeness (QED) is 0.765. The standard InChI is InChI=1S/C18H29N4O4P/c1-13-12-22(18(24)19-17(13)23)16-11-15(14(2)25-16)26-27(20-7-3-4-8-20)21-9-5-6-10-21/h12,14-16H,3-11H2,1-2H3,(H,19,23,24)/t14-,15?,16-/m1/s1/i2D. The molecular weight excluding hydrogens is 367 g/mol. The Morgan fingerprint density at radius 2 is 1.81 bits per heavy atom. The Labute approximate surface area is 161 Å². The second kappa shape index (κ2) is 8.13. The zero-order chi connectivity index (χ0) is 19.7. The van der Waals surface area contributed by atoms with Crippen LogP contribution >= 0.6 is 8.45 Å². The molecule has 3 aliphatic heterocycles. The molecule has 1 aromatic rings. The van der Waals surface area contributed by atoms with E-state index in [-0.39, 0.29) is 24.7 Å². The summed E-state index contributed by atoms with van der Waals surface area (Å²) in [6.45, 7) is 5.99. The third kappa shape index (κ3) is 4.05. The van der Waals surface area contributed by atoms with Gasteiger partial charge in [-0.1, -0.05) is 0 Å². The molecule has 0 aliphatic carbocycles. The third-order valence-electron chi connectivity index (χ3n) is 5.52. The molecule has 3 aliphatic rings. The first-order chi connectivity index (χ1) is 13.6. The first-order valence-corrected chi connectivity index (χ1v) is 11.0. The Hall–Kier alpha value is -1.05. The molecule has 0 aromatic carbocycles. The number of rotatable bonds is 5. The number of hydrogen-bond donors (Lipinski definition) is 1. The van der Waals surface area contributed by atoms with Gasteiger partial charge in [-0.15, -0.1) is 0 Å². The van der Waals surface area contributed by atoms with Gasteiger partial charge >= 0.3 is 5.69 Å². The van der Waals surface area contributed by atoms with E-state index in [1.165, 1.54) is 30.3 Å². The van der Waals surface area contributed by atoms with Gasteiger partial charge in [-0.05, 0) is 39.5 Å². The summed E-state index contributed by atoms with van der Waals surface area (Å²) in [6.07, 6.45) is 5.74. The Morgan fingerprint density at radius 1 is 1.19 bits per heavy atom. The van der Waals surface area contributed by atoms with Crippen LogP contribution in [0.3, 0.4) is 0 Å². The van der Waals surface area contributed by atoms with E-state index in [0.29, 0.717) is 12.0 Å². The first-order valence-electron chi connectivity index (χ1n) is 10.5. The lowest BCUT2D eigenvalue weighted by molar-refractivity contribution is -0.00694. The molecule has 150 valence electrons. The van der Waals surface area contributed by atoms with Crippen molar-refractivity contribution in [3.05, 3.63) is 32.6 Å². The van der Waals surface area contributed by atoms with Crippen LogP contribution in [0.5, 0.6) is 0 Å². The van der Waals surface area contributed by atoms with Crippen LogP contribution in [0.4, 0.5) is 0 Å². The minimum atomic E-state index is -0.855. The summed E-state index contributed by atoms with van der Waals surface area (Å²) in [7, 11) is -0.855. The lowest BCUT2D eigenvalue weighted by Gasteiger charge is -2.35. The molecule has 3 saturated heterocycles. The molecular formula is C18H29N4O4P. The summed E-state index contributed by atoms with van der Waals surface area (Å²) in [6, 6.07) is 0. The van der Waals surface area contributed by atoms with Gasteiger partial charge in [-0.25, -0.2) is 14.1 Å². The van der Waals surface area contributed by atoms with Gasteiger partial charge in [-0.3, -0.25) is 14.3 Å². The van der Waals surface area contributed by atoms with E-state index in [4.69, 9.17) is 10.6 Å². The molecule has 27 heavy (non-hydrogen) atoms. The minimum absolute atomic E-state index is 0.0847. The lowest BCUT2D eigenvalue weighted by Crippen LogP contribution is -2.33. The average molecular weight is 397 g/mol. The summed E-state index contributed by atoms with van der Waals surface area (Å²) in [5.41, 5.74) is -0.395. The summed E-state index contributed by atoms with van der Waals surface area (Å²) in [5, 5.41) is 0. The van der Waals surface area contributed by atoms with Crippen LogP contribution in [0.15, 0.2) is 15.8 Å². The fourth-order valence-corrected chi connectivity index (χ4v) is 6.30. The number of ether oxygens (including phenoxy) is 1. The fourth-order valence-electron chi connectivity index (χ4n) is 3.96. The van der Waals surface area contributed by atoms with Gasteiger partial charge in [0.1, 0.15) is 6.23 Å². The third-order valence-corrected chi connectivity index (χ3v) is 7.74. The smallest absolute Gasteiger partial charge is 0.330 e. The predicted octanol–water partition coefficient (Wildman–Crippen LogP) is 1.96. The molecule has 0 radical (unpaired) electrons. The lowest BCUT2D eigenvalue weighted by atomic mass is 10.2. The number of nitrogens with one attached hydrogen (secondary N) is 1. The van der Waals surface area contributed by atoms with Gasteiger partial charge in [0.05, 0.1) is 12.2 Å². The van der Waals surface area contributed by atoms with Crippen molar-refractivity contribution in [3.63, 3.8) is 0 Å². The first kappa shape index (κ1) is 18.0. The van der Waals surface area contributed by atoms with E-state index in [1.807, 2.05) is 0 Å². The highest BCUT2D eigenvalue weighted by atomic mass is 31.2. The number of nitrogens with zero attached hydrogens (tertiary/aromatic N) is 3. The van der Waals surface area contributed by atoms with Gasteiger partial charge in [0.15, 0.2) is 8.45 Å². The number of aromatic nitrogens is 2. The summed E-state index contributed by atoms with van der Waals surface area (Å²) in [5.74, 6) is 0. The molecule has 0 spiro atoms. The Morgan fingerprint density at radius 3 is 2.41 bits per heavy atom. The van der Waals surface area contributed by atoms with Crippen LogP contribution in [0.1, 0.15) is 52.2 Å². The van der Waals surface area contributed by atoms with Gasteiger partial charge in [0, 0.05) is 45.7 Å². The van der Waals surface area contributed by atoms with Crippen LogP contribution in [0.25, 0.3) is 0 Å². The highest BCUT2D eigenvalue weighted by Gasteiger charge is 2.40. The molecule has 9 heteroatoms. The highest BCUT2D eigenvalue weighted by molar-refractivity contribution is 7.47. The van der Waals surface area contributed by atoms with Crippen LogP contribution in [0.2, 0.25) is 0 Å². The molecule has 4 heterocycles. The summed E-state index contributed by atoms with van der Waals surface area (Å²) in [4.78, 5) is 26.2. The van der Waals surface area contributed by atoms with Gasteiger partial charge in [0.25, 0.3) is 5.56 Å². The minimum Gasteiger partial charge on any atom is -0.352 e. The van der Waals surface area contributed by atoms with Crippen molar-refractivity contribution in [1.82, 2.24) is 18.9 Å². The molecule has 1 N–H and O–H groups in total. The molecule has 8 nitrogen and oxygen atoms in total. The van der Waals surface area contributed by atoms with E-state index in [0.717, 1.165) is 26.2 Å². The van der Waals surface area contributed by atoms with Crippen LogP contribution < -0.4 is 11.2 Å². The van der Waals surface area contributed by atoms with Crippen molar-refractivity contribution in [3.8, 4) is 0 Å². The van der Waals surface area contributed by atoms with E-state index >= 15 is 0 Å². The van der Waals surface area contributed by atoms with Gasteiger partial charge in [0.2, 0.25) is 0 Å². The van der Waals surface area contributed by atoms with Crippen molar-refractivity contribution in [2.45, 2.75) is 64.4 Å². The van der Waals surface area contributed by atoms with E-state index in [1.54, 1.807) is 13.1 Å². The van der Waals surface area contributed by atoms with Crippen molar-refractivity contribution in [2.24, 2.45) is 0 Å². The molecule has 0 amide bonds. The Balaban J connectivity index is 1.52. The van der Waals surface area contributed by atoms with Crippen LogP contribution in [-0.4, -0.2) is 57.3 Å². The van der Waals surface area contributed by atoms with E-state index in [9.17, 15) is 9.59 Å². The maximum absolute atomic E-state index is 12.2. The molecule has 4 rings (SSSR count). The van der Waals surface area contributed by atoms with Crippen LogP contribution in [-0.2, 0) is 9.26 Å². The largest absolute Gasteiger partial charge is 0.352 e. The molecule has 3 atom stereocenters. The number of H-pyrrole nitrogens is 1. The summed E-state index contributed by atoms with van der Waals surface area (Å²) >= 11 is 0. The SMILES string of the molecule is [2H]C[C@H]1O[C@@H](n2cc(C)c(=O)[nH]c2=O)CC1OP(N1CCCC1)N1CCCC1. The summed E-state index contributed by atoms with van der Waals surface area (Å²) < 4.78 is 26.9. The second-order valence-corrected chi connectivity index (χ2v) is 9.41. The molecule has 1 aromatic heterocycles. The van der Waals surface area contributed by atoms with Crippen molar-refractivity contribution in [2.75, 3.05) is 26.2 Å². The number of hydrogen-bond acceptors (Lipinski definition) is 6. The topological polar surface area (TPSA) is 79.8 Å². The normalized spacial score (nSPS) is 30.4.